The first-order chi connectivity index (χ1) is 12.6. The molecule has 26 heavy (non-hydrogen) atoms. The van der Waals surface area contributed by atoms with Crippen LogP contribution in [0.3, 0.4) is 0 Å². The molecular formula is C18H23N7O. The summed E-state index contributed by atoms with van der Waals surface area (Å²) in [4.78, 5) is 21.1. The van der Waals surface area contributed by atoms with Crippen molar-refractivity contribution in [2.24, 2.45) is 0 Å². The molecule has 8 nitrogen and oxygen atoms in total. The molecule has 0 amide bonds. The molecule has 0 atom stereocenters. The molecule has 136 valence electrons. The third kappa shape index (κ3) is 3.32. The lowest BCUT2D eigenvalue weighted by Crippen LogP contribution is -2.48. The largest absolute Gasteiger partial charge is 0.354 e. The lowest BCUT2D eigenvalue weighted by Gasteiger charge is -2.36. The van der Waals surface area contributed by atoms with E-state index in [0.29, 0.717) is 6.54 Å². The van der Waals surface area contributed by atoms with E-state index in [2.05, 4.69) is 31.0 Å². The van der Waals surface area contributed by atoms with Gasteiger partial charge in [0.1, 0.15) is 5.82 Å². The Morgan fingerprint density at radius 3 is 2.62 bits per heavy atom. The summed E-state index contributed by atoms with van der Waals surface area (Å²) < 4.78 is 3.46. The van der Waals surface area contributed by atoms with Crippen LogP contribution in [0.2, 0.25) is 0 Å². The Bertz CT molecular complexity index is 969. The molecular weight excluding hydrogens is 330 g/mol. The molecule has 1 aliphatic rings. The van der Waals surface area contributed by atoms with Crippen LogP contribution in [0.4, 0.5) is 5.82 Å². The van der Waals surface area contributed by atoms with Gasteiger partial charge in [0.15, 0.2) is 5.65 Å². The topological polar surface area (TPSA) is 71.6 Å². The minimum atomic E-state index is -0.0393. The molecule has 0 radical (unpaired) electrons. The van der Waals surface area contributed by atoms with Crippen molar-refractivity contribution in [3.63, 3.8) is 0 Å². The van der Waals surface area contributed by atoms with Gasteiger partial charge in [-0.2, -0.15) is 14.7 Å². The highest BCUT2D eigenvalue weighted by Gasteiger charge is 2.20. The van der Waals surface area contributed by atoms with Crippen LogP contribution in [-0.4, -0.2) is 62.0 Å². The zero-order chi connectivity index (χ0) is 18.1. The second-order valence-corrected chi connectivity index (χ2v) is 6.72. The second kappa shape index (κ2) is 6.87. The molecule has 8 heteroatoms. The fourth-order valence-corrected chi connectivity index (χ4v) is 3.39. The van der Waals surface area contributed by atoms with Gasteiger partial charge in [0.25, 0.3) is 5.56 Å². The summed E-state index contributed by atoms with van der Waals surface area (Å²) in [5.74, 6) is 1.09. The van der Waals surface area contributed by atoms with Crippen molar-refractivity contribution < 1.29 is 0 Å². The van der Waals surface area contributed by atoms with Crippen molar-refractivity contribution in [1.82, 2.24) is 29.3 Å². The summed E-state index contributed by atoms with van der Waals surface area (Å²) in [6.45, 7) is 9.12. The van der Waals surface area contributed by atoms with Gasteiger partial charge in [0.05, 0.1) is 18.4 Å². The van der Waals surface area contributed by atoms with Crippen LogP contribution in [0.25, 0.3) is 5.65 Å². The first kappa shape index (κ1) is 16.7. The van der Waals surface area contributed by atoms with Crippen LogP contribution in [0.5, 0.6) is 0 Å². The Hall–Kier alpha value is -2.74. The number of hydrogen-bond donors (Lipinski definition) is 0. The molecule has 0 saturated carbocycles. The SMILES string of the molecule is Cc1cc(N2CCN(CCn3nc(C)ccc3=O)CC2)n2nccc2n1. The van der Waals surface area contributed by atoms with E-state index in [4.69, 9.17) is 0 Å². The molecule has 1 aliphatic heterocycles. The third-order valence-electron chi connectivity index (χ3n) is 4.79. The first-order valence-electron chi connectivity index (χ1n) is 8.93. The predicted molar refractivity (Wildman–Crippen MR) is 99.6 cm³/mol. The van der Waals surface area contributed by atoms with Gasteiger partial charge in [-0.15, -0.1) is 0 Å². The number of aryl methyl sites for hydroxylation is 2. The fraction of sp³-hybridized carbons (Fsp3) is 0.444. The number of aromatic nitrogens is 5. The van der Waals surface area contributed by atoms with Crippen molar-refractivity contribution in [2.75, 3.05) is 37.6 Å². The Labute approximate surface area is 151 Å². The molecule has 3 aromatic rings. The number of fused-ring (bicyclic) bond motifs is 1. The van der Waals surface area contributed by atoms with E-state index in [-0.39, 0.29) is 5.56 Å². The van der Waals surface area contributed by atoms with E-state index in [1.54, 1.807) is 23.0 Å². The molecule has 1 fully saturated rings. The van der Waals surface area contributed by atoms with Gasteiger partial charge in [-0.1, -0.05) is 0 Å². The van der Waals surface area contributed by atoms with Gasteiger partial charge in [-0.3, -0.25) is 9.69 Å². The van der Waals surface area contributed by atoms with Gasteiger partial charge in [-0.05, 0) is 19.9 Å². The molecule has 0 aromatic carbocycles. The van der Waals surface area contributed by atoms with Gasteiger partial charge in [0.2, 0.25) is 0 Å². The van der Waals surface area contributed by atoms with Gasteiger partial charge < -0.3 is 4.90 Å². The van der Waals surface area contributed by atoms with Crippen LogP contribution in [0.15, 0.2) is 35.3 Å². The standard InChI is InChI=1S/C18H23N7O/c1-14-3-4-18(26)24(21-14)12-9-22-7-10-23(11-8-22)17-13-15(2)20-16-5-6-19-25(16)17/h3-6,13H,7-12H2,1-2H3. The van der Waals surface area contributed by atoms with E-state index in [0.717, 1.165) is 55.6 Å². The average Bonchev–Trinajstić information content (AvgIpc) is 3.10. The Balaban J connectivity index is 1.40. The lowest BCUT2D eigenvalue weighted by atomic mass is 10.3. The van der Waals surface area contributed by atoms with Gasteiger partial charge in [0, 0.05) is 56.6 Å². The van der Waals surface area contributed by atoms with Crippen LogP contribution in [-0.2, 0) is 6.54 Å². The smallest absolute Gasteiger partial charge is 0.266 e. The molecule has 0 N–H and O–H groups in total. The minimum Gasteiger partial charge on any atom is -0.354 e. The van der Waals surface area contributed by atoms with Crippen molar-refractivity contribution in [2.45, 2.75) is 20.4 Å². The van der Waals surface area contributed by atoms with E-state index < -0.39 is 0 Å². The molecule has 1 saturated heterocycles. The molecule has 0 unspecified atom stereocenters. The van der Waals surface area contributed by atoms with Crippen molar-refractivity contribution >= 4 is 11.5 Å². The maximum absolute atomic E-state index is 11.9. The third-order valence-corrected chi connectivity index (χ3v) is 4.79. The van der Waals surface area contributed by atoms with E-state index in [9.17, 15) is 4.79 Å². The molecule has 0 bridgehead atoms. The van der Waals surface area contributed by atoms with Crippen LogP contribution in [0.1, 0.15) is 11.4 Å². The zero-order valence-electron chi connectivity index (χ0n) is 15.2. The summed E-state index contributed by atoms with van der Waals surface area (Å²) in [6, 6.07) is 7.36. The van der Waals surface area contributed by atoms with Crippen molar-refractivity contribution in [3.8, 4) is 0 Å². The molecule has 0 spiro atoms. The molecule has 3 aromatic heterocycles. The molecule has 4 rings (SSSR count). The molecule has 0 aliphatic carbocycles. The predicted octanol–water partition coefficient (Wildman–Crippen LogP) is 0.725. The highest BCUT2D eigenvalue weighted by molar-refractivity contribution is 5.50. The summed E-state index contributed by atoms with van der Waals surface area (Å²) in [7, 11) is 0. The maximum Gasteiger partial charge on any atom is 0.266 e. The van der Waals surface area contributed by atoms with E-state index in [1.165, 1.54) is 0 Å². The second-order valence-electron chi connectivity index (χ2n) is 6.72. The van der Waals surface area contributed by atoms with E-state index >= 15 is 0 Å². The summed E-state index contributed by atoms with van der Waals surface area (Å²) in [5, 5.41) is 8.71. The van der Waals surface area contributed by atoms with Crippen molar-refractivity contribution in [1.29, 1.82) is 0 Å². The summed E-state index contributed by atoms with van der Waals surface area (Å²) in [6.07, 6.45) is 1.79. The monoisotopic (exact) mass is 353 g/mol. The van der Waals surface area contributed by atoms with E-state index in [1.807, 2.05) is 24.4 Å². The maximum atomic E-state index is 11.9. The number of nitrogens with zero attached hydrogens (tertiary/aromatic N) is 7. The van der Waals surface area contributed by atoms with Gasteiger partial charge >= 0.3 is 0 Å². The summed E-state index contributed by atoms with van der Waals surface area (Å²) >= 11 is 0. The average molecular weight is 353 g/mol. The number of rotatable bonds is 4. The Morgan fingerprint density at radius 1 is 1.00 bits per heavy atom. The minimum absolute atomic E-state index is 0.0393. The zero-order valence-corrected chi connectivity index (χ0v) is 15.2. The van der Waals surface area contributed by atoms with Crippen LogP contribution in [0, 0.1) is 13.8 Å². The van der Waals surface area contributed by atoms with Crippen LogP contribution >= 0.6 is 0 Å². The normalized spacial score (nSPS) is 15.7. The first-order valence-corrected chi connectivity index (χ1v) is 8.93. The van der Waals surface area contributed by atoms with Gasteiger partial charge in [-0.25, -0.2) is 9.67 Å². The molecule has 4 heterocycles. The number of hydrogen-bond acceptors (Lipinski definition) is 6. The fourth-order valence-electron chi connectivity index (χ4n) is 3.39. The number of piperazine rings is 1. The van der Waals surface area contributed by atoms with Crippen LogP contribution < -0.4 is 10.5 Å². The highest BCUT2D eigenvalue weighted by atomic mass is 16.1. The summed E-state index contributed by atoms with van der Waals surface area (Å²) in [5.41, 5.74) is 2.71. The Morgan fingerprint density at radius 2 is 1.81 bits per heavy atom. The van der Waals surface area contributed by atoms with Crippen molar-refractivity contribution in [3.05, 3.63) is 52.2 Å². The lowest BCUT2D eigenvalue weighted by molar-refractivity contribution is 0.241. The number of anilines is 1. The Kier molecular flexibility index (Phi) is 4.42. The highest BCUT2D eigenvalue weighted by Crippen LogP contribution is 2.18. The quantitative estimate of drug-likeness (QED) is 0.688.